The summed E-state index contributed by atoms with van der Waals surface area (Å²) >= 11 is 0. The lowest BCUT2D eigenvalue weighted by Crippen LogP contribution is -2.28. The van der Waals surface area contributed by atoms with Gasteiger partial charge in [-0.2, -0.15) is 0 Å². The van der Waals surface area contributed by atoms with Crippen LogP contribution in [0.5, 0.6) is 0 Å². The van der Waals surface area contributed by atoms with Gasteiger partial charge in [-0.3, -0.25) is 0 Å². The minimum Gasteiger partial charge on any atom is -0.372 e. The van der Waals surface area contributed by atoms with Gasteiger partial charge in [-0.05, 0) is 5.92 Å². The predicted octanol–water partition coefficient (Wildman–Crippen LogP) is 1.39. The summed E-state index contributed by atoms with van der Waals surface area (Å²) in [7, 11) is 0. The minimum atomic E-state index is -0.904. The lowest BCUT2D eigenvalue weighted by molar-refractivity contribution is 0.0534. The molecule has 2 fully saturated rings. The fourth-order valence-corrected chi connectivity index (χ4v) is 2.05. The molecule has 0 aromatic rings. The second-order valence-electron chi connectivity index (χ2n) is 4.02. The van der Waals surface area contributed by atoms with Gasteiger partial charge in [0.1, 0.15) is 6.10 Å². The average Bonchev–Trinajstić information content (AvgIpc) is 2.53. The molecule has 2 nitrogen and oxygen atoms in total. The Morgan fingerprint density at radius 2 is 1.83 bits per heavy atom. The number of hydrogen-bond donors (Lipinski definition) is 0. The Balaban J connectivity index is 2.05. The first-order valence-corrected chi connectivity index (χ1v) is 4.57. The zero-order valence-corrected chi connectivity index (χ0v) is 7.50. The van der Waals surface area contributed by atoms with Gasteiger partial charge in [-0.25, -0.2) is 4.39 Å². The third-order valence-electron chi connectivity index (χ3n) is 2.89. The van der Waals surface area contributed by atoms with Crippen molar-refractivity contribution in [1.29, 1.82) is 0 Å². The summed E-state index contributed by atoms with van der Waals surface area (Å²) in [5.74, 6) is 0.904. The molecule has 0 bridgehead atoms. The van der Waals surface area contributed by atoms with Gasteiger partial charge >= 0.3 is 0 Å². The number of alkyl halides is 1. The van der Waals surface area contributed by atoms with E-state index in [2.05, 4.69) is 13.8 Å². The molecule has 0 amide bonds. The second-order valence-corrected chi connectivity index (χ2v) is 4.02. The van der Waals surface area contributed by atoms with Crippen molar-refractivity contribution in [3.05, 3.63) is 0 Å². The molecule has 2 saturated heterocycles. The highest BCUT2D eigenvalue weighted by Gasteiger charge is 2.48. The van der Waals surface area contributed by atoms with E-state index in [0.29, 0.717) is 18.4 Å². The van der Waals surface area contributed by atoms with Gasteiger partial charge in [0.2, 0.25) is 0 Å². The Labute approximate surface area is 72.0 Å². The Kier molecular flexibility index (Phi) is 2.09. The predicted molar refractivity (Wildman–Crippen MR) is 42.7 cm³/mol. The number of ether oxygens (including phenoxy) is 2. The van der Waals surface area contributed by atoms with Crippen LogP contribution in [0.25, 0.3) is 0 Å². The van der Waals surface area contributed by atoms with Gasteiger partial charge in [0, 0.05) is 5.92 Å². The molecule has 0 N–H and O–H groups in total. The van der Waals surface area contributed by atoms with Crippen LogP contribution in [0.3, 0.4) is 0 Å². The Bertz CT molecular complexity index is 172. The van der Waals surface area contributed by atoms with Crippen LogP contribution in [0.15, 0.2) is 0 Å². The van der Waals surface area contributed by atoms with E-state index < -0.39 is 6.17 Å². The van der Waals surface area contributed by atoms with Gasteiger partial charge in [0.05, 0.1) is 19.3 Å². The molecule has 0 aromatic heterocycles. The molecule has 2 aliphatic heterocycles. The van der Waals surface area contributed by atoms with E-state index in [-0.39, 0.29) is 18.8 Å². The van der Waals surface area contributed by atoms with Crippen molar-refractivity contribution in [3.8, 4) is 0 Å². The molecule has 0 aliphatic carbocycles. The molecule has 0 saturated carbocycles. The SMILES string of the molecule is CC(C)[C@@H]1CO[C@@H]2[C@H]1OC[C@@H]2F. The standard InChI is InChI=1S/C9H15FO2/c1-5(2)6-3-11-9-7(10)4-12-8(6)9/h5-9H,3-4H2,1-2H3/t6-,7-,8-,9-/m0/s1. The topological polar surface area (TPSA) is 18.5 Å². The lowest BCUT2D eigenvalue weighted by atomic mass is 9.91. The summed E-state index contributed by atoms with van der Waals surface area (Å²) in [5, 5.41) is 0. The Morgan fingerprint density at radius 1 is 1.17 bits per heavy atom. The van der Waals surface area contributed by atoms with Crippen molar-refractivity contribution in [2.75, 3.05) is 13.2 Å². The van der Waals surface area contributed by atoms with Crippen molar-refractivity contribution in [3.63, 3.8) is 0 Å². The van der Waals surface area contributed by atoms with Gasteiger partial charge in [0.25, 0.3) is 0 Å². The van der Waals surface area contributed by atoms with Crippen LogP contribution in [0.1, 0.15) is 13.8 Å². The number of hydrogen-bond acceptors (Lipinski definition) is 2. The van der Waals surface area contributed by atoms with Crippen molar-refractivity contribution in [2.24, 2.45) is 11.8 Å². The zero-order chi connectivity index (χ0) is 8.72. The highest BCUT2D eigenvalue weighted by atomic mass is 19.1. The molecule has 0 unspecified atom stereocenters. The van der Waals surface area contributed by atoms with Crippen LogP contribution in [-0.2, 0) is 9.47 Å². The van der Waals surface area contributed by atoms with E-state index in [0.717, 1.165) is 0 Å². The van der Waals surface area contributed by atoms with Crippen LogP contribution < -0.4 is 0 Å². The van der Waals surface area contributed by atoms with Gasteiger partial charge < -0.3 is 9.47 Å². The fourth-order valence-electron chi connectivity index (χ4n) is 2.05. The molecular weight excluding hydrogens is 159 g/mol. The summed E-state index contributed by atoms with van der Waals surface area (Å²) < 4.78 is 23.8. The summed E-state index contributed by atoms with van der Waals surface area (Å²) in [5.41, 5.74) is 0. The Morgan fingerprint density at radius 3 is 2.50 bits per heavy atom. The largest absolute Gasteiger partial charge is 0.372 e. The maximum Gasteiger partial charge on any atom is 0.152 e. The smallest absolute Gasteiger partial charge is 0.152 e. The van der Waals surface area contributed by atoms with E-state index in [9.17, 15) is 4.39 Å². The molecular formula is C9H15FO2. The number of halogens is 1. The molecule has 0 spiro atoms. The van der Waals surface area contributed by atoms with Crippen molar-refractivity contribution in [2.45, 2.75) is 32.2 Å². The van der Waals surface area contributed by atoms with E-state index in [4.69, 9.17) is 9.47 Å². The molecule has 3 heteroatoms. The first kappa shape index (κ1) is 8.45. The third kappa shape index (κ3) is 1.15. The summed E-state index contributed by atoms with van der Waals surface area (Å²) in [6.45, 7) is 5.14. The highest BCUT2D eigenvalue weighted by Crippen LogP contribution is 2.36. The number of fused-ring (bicyclic) bond motifs is 1. The quantitative estimate of drug-likeness (QED) is 0.598. The van der Waals surface area contributed by atoms with Crippen LogP contribution in [0, 0.1) is 11.8 Å². The maximum absolute atomic E-state index is 13.1. The lowest BCUT2D eigenvalue weighted by Gasteiger charge is -2.18. The first-order chi connectivity index (χ1) is 5.70. The van der Waals surface area contributed by atoms with E-state index in [1.165, 1.54) is 0 Å². The molecule has 12 heavy (non-hydrogen) atoms. The van der Waals surface area contributed by atoms with Gasteiger partial charge in [-0.15, -0.1) is 0 Å². The van der Waals surface area contributed by atoms with Crippen LogP contribution in [-0.4, -0.2) is 31.6 Å². The van der Waals surface area contributed by atoms with Crippen molar-refractivity contribution >= 4 is 0 Å². The normalized spacial score (nSPS) is 47.0. The Hall–Kier alpha value is -0.150. The first-order valence-electron chi connectivity index (χ1n) is 4.57. The van der Waals surface area contributed by atoms with Gasteiger partial charge in [0.15, 0.2) is 6.17 Å². The van der Waals surface area contributed by atoms with Crippen LogP contribution in [0.4, 0.5) is 4.39 Å². The average molecular weight is 174 g/mol. The molecule has 4 atom stereocenters. The number of rotatable bonds is 1. The monoisotopic (exact) mass is 174 g/mol. The van der Waals surface area contributed by atoms with Crippen LogP contribution >= 0.6 is 0 Å². The third-order valence-corrected chi connectivity index (χ3v) is 2.89. The molecule has 0 aromatic carbocycles. The molecule has 2 aliphatic rings. The van der Waals surface area contributed by atoms with Crippen molar-refractivity contribution < 1.29 is 13.9 Å². The highest BCUT2D eigenvalue weighted by molar-refractivity contribution is 4.94. The van der Waals surface area contributed by atoms with Gasteiger partial charge in [-0.1, -0.05) is 13.8 Å². The molecule has 2 heterocycles. The molecule has 70 valence electrons. The fraction of sp³-hybridized carbons (Fsp3) is 1.00. The maximum atomic E-state index is 13.1. The molecule has 2 rings (SSSR count). The van der Waals surface area contributed by atoms with E-state index in [1.807, 2.05) is 0 Å². The summed E-state index contributed by atoms with van der Waals surface area (Å²) in [4.78, 5) is 0. The molecule has 0 radical (unpaired) electrons. The second kappa shape index (κ2) is 2.96. The van der Waals surface area contributed by atoms with Crippen LogP contribution in [0.2, 0.25) is 0 Å². The van der Waals surface area contributed by atoms with E-state index >= 15 is 0 Å². The zero-order valence-electron chi connectivity index (χ0n) is 7.50. The minimum absolute atomic E-state index is 0.0139. The van der Waals surface area contributed by atoms with Crippen molar-refractivity contribution in [1.82, 2.24) is 0 Å². The summed E-state index contributed by atoms with van der Waals surface area (Å²) in [6, 6.07) is 0. The van der Waals surface area contributed by atoms with E-state index in [1.54, 1.807) is 0 Å². The summed E-state index contributed by atoms with van der Waals surface area (Å²) in [6.07, 6.45) is -1.17.